The Bertz CT molecular complexity index is 493. The molecule has 0 atom stereocenters. The largest absolute Gasteiger partial charge is 0.345 e. The minimum absolute atomic E-state index is 0.108. The summed E-state index contributed by atoms with van der Waals surface area (Å²) in [6, 6.07) is 4.58. The van der Waals surface area contributed by atoms with Crippen molar-refractivity contribution in [1.82, 2.24) is 5.32 Å². The van der Waals surface area contributed by atoms with E-state index in [2.05, 4.69) is 12.2 Å². The van der Waals surface area contributed by atoms with Gasteiger partial charge in [-0.25, -0.2) is 4.39 Å². The lowest BCUT2D eigenvalue weighted by atomic mass is 9.77. The summed E-state index contributed by atoms with van der Waals surface area (Å²) < 4.78 is 13.8. The third-order valence-electron chi connectivity index (χ3n) is 4.37. The van der Waals surface area contributed by atoms with Gasteiger partial charge in [0, 0.05) is 6.54 Å². The van der Waals surface area contributed by atoms with Crippen LogP contribution in [0, 0.1) is 18.7 Å². The molecule has 0 bridgehead atoms. The standard InChI is InChI=1S/C16H23FN2O/c1-11-5-7-16(10-18,8-6-11)19-15(20)13-9-12(2)3-4-14(13)17/h3-4,9,11H,5-8,10,18H2,1-2H3,(H,19,20). The Morgan fingerprint density at radius 3 is 2.70 bits per heavy atom. The van der Waals surface area contributed by atoms with E-state index >= 15 is 0 Å². The van der Waals surface area contributed by atoms with Crippen LogP contribution in [0.5, 0.6) is 0 Å². The summed E-state index contributed by atoms with van der Waals surface area (Å²) in [5, 5.41) is 2.98. The van der Waals surface area contributed by atoms with E-state index in [0.29, 0.717) is 12.5 Å². The van der Waals surface area contributed by atoms with E-state index in [4.69, 9.17) is 5.73 Å². The van der Waals surface area contributed by atoms with Gasteiger partial charge in [-0.05, 0) is 50.7 Å². The summed E-state index contributed by atoms with van der Waals surface area (Å²) >= 11 is 0. The van der Waals surface area contributed by atoms with Crippen molar-refractivity contribution in [3.05, 3.63) is 35.1 Å². The minimum Gasteiger partial charge on any atom is -0.345 e. The summed E-state index contributed by atoms with van der Waals surface area (Å²) in [7, 11) is 0. The summed E-state index contributed by atoms with van der Waals surface area (Å²) in [6.45, 7) is 4.46. The molecule has 1 aromatic rings. The molecule has 0 unspecified atom stereocenters. The van der Waals surface area contributed by atoms with Crippen LogP contribution in [0.15, 0.2) is 18.2 Å². The number of carbonyl (C=O) groups excluding carboxylic acids is 1. The first-order valence-electron chi connectivity index (χ1n) is 7.24. The van der Waals surface area contributed by atoms with Gasteiger partial charge in [0.1, 0.15) is 5.82 Å². The predicted molar refractivity (Wildman–Crippen MR) is 78.0 cm³/mol. The molecule has 0 radical (unpaired) electrons. The number of nitrogens with one attached hydrogen (secondary N) is 1. The highest BCUT2D eigenvalue weighted by atomic mass is 19.1. The lowest BCUT2D eigenvalue weighted by molar-refractivity contribution is 0.0856. The zero-order chi connectivity index (χ0) is 14.8. The van der Waals surface area contributed by atoms with E-state index in [0.717, 1.165) is 31.2 Å². The van der Waals surface area contributed by atoms with Crippen molar-refractivity contribution in [3.63, 3.8) is 0 Å². The van der Waals surface area contributed by atoms with Gasteiger partial charge in [0.05, 0.1) is 11.1 Å². The first-order valence-corrected chi connectivity index (χ1v) is 7.24. The molecule has 1 amide bonds. The van der Waals surface area contributed by atoms with Gasteiger partial charge in [-0.15, -0.1) is 0 Å². The Morgan fingerprint density at radius 1 is 1.45 bits per heavy atom. The lowest BCUT2D eigenvalue weighted by Gasteiger charge is -2.39. The normalized spacial score (nSPS) is 26.3. The van der Waals surface area contributed by atoms with E-state index in [1.165, 1.54) is 6.07 Å². The van der Waals surface area contributed by atoms with Crippen LogP contribution in [0.4, 0.5) is 4.39 Å². The maximum absolute atomic E-state index is 13.8. The highest BCUT2D eigenvalue weighted by Crippen LogP contribution is 2.31. The number of amides is 1. The van der Waals surface area contributed by atoms with Crippen LogP contribution < -0.4 is 11.1 Å². The average Bonchev–Trinajstić information content (AvgIpc) is 2.44. The number of aryl methyl sites for hydroxylation is 1. The average molecular weight is 278 g/mol. The highest BCUT2D eigenvalue weighted by molar-refractivity contribution is 5.95. The molecule has 1 aliphatic carbocycles. The van der Waals surface area contributed by atoms with Crippen molar-refractivity contribution in [2.45, 2.75) is 45.1 Å². The number of nitrogens with two attached hydrogens (primary N) is 1. The van der Waals surface area contributed by atoms with E-state index < -0.39 is 5.82 Å². The van der Waals surface area contributed by atoms with Gasteiger partial charge in [-0.1, -0.05) is 18.6 Å². The second kappa shape index (κ2) is 5.92. The molecule has 20 heavy (non-hydrogen) atoms. The van der Waals surface area contributed by atoms with E-state index in [1.54, 1.807) is 12.1 Å². The smallest absolute Gasteiger partial charge is 0.254 e. The Balaban J connectivity index is 2.15. The quantitative estimate of drug-likeness (QED) is 0.893. The van der Waals surface area contributed by atoms with E-state index in [-0.39, 0.29) is 17.0 Å². The van der Waals surface area contributed by atoms with Crippen LogP contribution >= 0.6 is 0 Å². The molecule has 3 nitrogen and oxygen atoms in total. The molecule has 3 N–H and O–H groups in total. The van der Waals surface area contributed by atoms with E-state index in [1.807, 2.05) is 6.92 Å². The molecule has 0 saturated heterocycles. The second-order valence-corrected chi connectivity index (χ2v) is 6.10. The number of hydrogen-bond acceptors (Lipinski definition) is 2. The number of hydrogen-bond donors (Lipinski definition) is 2. The van der Waals surface area contributed by atoms with Crippen molar-refractivity contribution in [3.8, 4) is 0 Å². The van der Waals surface area contributed by atoms with Crippen LogP contribution in [0.1, 0.15) is 48.5 Å². The SMILES string of the molecule is Cc1ccc(F)c(C(=O)NC2(CN)CCC(C)CC2)c1. The van der Waals surface area contributed by atoms with Gasteiger partial charge in [-0.3, -0.25) is 4.79 Å². The van der Waals surface area contributed by atoms with Crippen molar-refractivity contribution in [2.75, 3.05) is 6.54 Å². The molecule has 1 aliphatic rings. The van der Waals surface area contributed by atoms with Crippen LogP contribution in [-0.4, -0.2) is 18.0 Å². The fourth-order valence-electron chi connectivity index (χ4n) is 2.82. The molecule has 1 saturated carbocycles. The number of rotatable bonds is 3. The second-order valence-electron chi connectivity index (χ2n) is 6.10. The third kappa shape index (κ3) is 3.18. The molecule has 0 spiro atoms. The zero-order valence-electron chi connectivity index (χ0n) is 12.2. The maximum Gasteiger partial charge on any atom is 0.254 e. The Hall–Kier alpha value is -1.42. The zero-order valence-corrected chi connectivity index (χ0v) is 12.2. The number of halogens is 1. The lowest BCUT2D eigenvalue weighted by Crippen LogP contribution is -2.55. The number of benzene rings is 1. The Kier molecular flexibility index (Phi) is 4.43. The van der Waals surface area contributed by atoms with Gasteiger partial charge >= 0.3 is 0 Å². The van der Waals surface area contributed by atoms with Crippen LogP contribution in [0.3, 0.4) is 0 Å². The maximum atomic E-state index is 13.8. The molecule has 0 heterocycles. The molecule has 0 aromatic heterocycles. The fraction of sp³-hybridized carbons (Fsp3) is 0.562. The molecule has 110 valence electrons. The van der Waals surface area contributed by atoms with Gasteiger partial charge in [0.2, 0.25) is 0 Å². The van der Waals surface area contributed by atoms with Gasteiger partial charge in [0.15, 0.2) is 0 Å². The van der Waals surface area contributed by atoms with Crippen LogP contribution in [0.2, 0.25) is 0 Å². The van der Waals surface area contributed by atoms with Crippen LogP contribution in [-0.2, 0) is 0 Å². The highest BCUT2D eigenvalue weighted by Gasteiger charge is 2.34. The molecule has 0 aliphatic heterocycles. The Labute approximate surface area is 119 Å². The molecule has 2 rings (SSSR count). The van der Waals surface area contributed by atoms with Crippen molar-refractivity contribution < 1.29 is 9.18 Å². The summed E-state index contributed by atoms with van der Waals surface area (Å²) in [4.78, 5) is 12.3. The van der Waals surface area contributed by atoms with Crippen molar-refractivity contribution in [2.24, 2.45) is 11.7 Å². The predicted octanol–water partition coefficient (Wildman–Crippen LogP) is 2.77. The molecule has 4 heteroatoms. The fourth-order valence-corrected chi connectivity index (χ4v) is 2.82. The molecule has 1 fully saturated rings. The summed E-state index contributed by atoms with van der Waals surface area (Å²) in [5.74, 6) is -0.169. The third-order valence-corrected chi connectivity index (χ3v) is 4.37. The monoisotopic (exact) mass is 278 g/mol. The first kappa shape index (κ1) is 15.0. The van der Waals surface area contributed by atoms with Gasteiger partial charge < -0.3 is 11.1 Å². The van der Waals surface area contributed by atoms with Crippen molar-refractivity contribution in [1.29, 1.82) is 0 Å². The molecular weight excluding hydrogens is 255 g/mol. The summed E-state index contributed by atoms with van der Waals surface area (Å²) in [5.41, 5.74) is 6.47. The molecular formula is C16H23FN2O. The summed E-state index contributed by atoms with van der Waals surface area (Å²) in [6.07, 6.45) is 3.83. The topological polar surface area (TPSA) is 55.1 Å². The molecule has 1 aromatic carbocycles. The van der Waals surface area contributed by atoms with Crippen LogP contribution in [0.25, 0.3) is 0 Å². The number of carbonyl (C=O) groups is 1. The van der Waals surface area contributed by atoms with Gasteiger partial charge in [-0.2, -0.15) is 0 Å². The van der Waals surface area contributed by atoms with E-state index in [9.17, 15) is 9.18 Å². The minimum atomic E-state index is -0.482. The first-order chi connectivity index (χ1) is 9.46. The Morgan fingerprint density at radius 2 is 2.10 bits per heavy atom. The van der Waals surface area contributed by atoms with Gasteiger partial charge in [0.25, 0.3) is 5.91 Å². The van der Waals surface area contributed by atoms with Crippen molar-refractivity contribution >= 4 is 5.91 Å².